The van der Waals surface area contributed by atoms with E-state index < -0.39 is 37.8 Å². The Bertz CT molecular complexity index is 853. The van der Waals surface area contributed by atoms with E-state index >= 15 is 0 Å². The largest absolute Gasteiger partial charge is 0.305 e. The van der Waals surface area contributed by atoms with Crippen LogP contribution in [0.2, 0.25) is 0 Å². The Morgan fingerprint density at radius 2 is 1.86 bits per heavy atom. The molecule has 2 rings (SSSR count). The molecule has 0 N–H and O–H groups in total. The van der Waals surface area contributed by atoms with Crippen molar-refractivity contribution in [1.82, 2.24) is 0 Å². The minimum atomic E-state index is -4.05. The van der Waals surface area contributed by atoms with Crippen LogP contribution in [-0.4, -0.2) is 13.3 Å². The van der Waals surface area contributed by atoms with Gasteiger partial charge in [0.25, 0.3) is 0 Å². The van der Waals surface area contributed by atoms with E-state index in [0.717, 1.165) is 30.3 Å². The lowest BCUT2D eigenvalue weighted by atomic mass is 10.2. The Morgan fingerprint density at radius 1 is 1.18 bits per heavy atom. The highest BCUT2D eigenvalue weighted by Gasteiger charge is 2.23. The van der Waals surface area contributed by atoms with E-state index in [0.29, 0.717) is 0 Å². The molecule has 0 radical (unpaired) electrons. The molecule has 9 heteroatoms. The SMILES string of the molecule is O=[N+]([O-])c1cccc(CS(=O)(=O)c2ccc(S)c(F)c2)c1F. The summed E-state index contributed by atoms with van der Waals surface area (Å²) in [5, 5.41) is 10.6. The Kier molecular flexibility index (Phi) is 4.47. The predicted molar refractivity (Wildman–Crippen MR) is 77.6 cm³/mol. The Labute approximate surface area is 130 Å². The van der Waals surface area contributed by atoms with Gasteiger partial charge in [0.1, 0.15) is 5.82 Å². The monoisotopic (exact) mass is 345 g/mol. The van der Waals surface area contributed by atoms with Crippen molar-refractivity contribution < 1.29 is 22.1 Å². The molecule has 0 aliphatic rings. The van der Waals surface area contributed by atoms with Gasteiger partial charge in [-0.25, -0.2) is 12.8 Å². The molecule has 0 saturated heterocycles. The third kappa shape index (κ3) is 3.25. The van der Waals surface area contributed by atoms with Gasteiger partial charge >= 0.3 is 5.69 Å². The summed E-state index contributed by atoms with van der Waals surface area (Å²) in [7, 11) is -4.05. The number of hydrogen-bond acceptors (Lipinski definition) is 5. The molecule has 0 bridgehead atoms. The molecule has 2 aromatic rings. The van der Waals surface area contributed by atoms with Crippen LogP contribution in [0.15, 0.2) is 46.2 Å². The van der Waals surface area contributed by atoms with E-state index in [1.165, 1.54) is 6.07 Å². The van der Waals surface area contributed by atoms with Crippen molar-refractivity contribution in [2.45, 2.75) is 15.5 Å². The molecule has 22 heavy (non-hydrogen) atoms. The zero-order valence-electron chi connectivity index (χ0n) is 10.9. The van der Waals surface area contributed by atoms with E-state index in [-0.39, 0.29) is 15.4 Å². The van der Waals surface area contributed by atoms with Crippen molar-refractivity contribution in [2.24, 2.45) is 0 Å². The molecule has 0 unspecified atom stereocenters. The van der Waals surface area contributed by atoms with E-state index in [1.807, 2.05) is 0 Å². The average molecular weight is 345 g/mol. The molecule has 5 nitrogen and oxygen atoms in total. The molecule has 0 aromatic heterocycles. The number of hydrogen-bond donors (Lipinski definition) is 1. The van der Waals surface area contributed by atoms with Gasteiger partial charge in [0, 0.05) is 16.5 Å². The van der Waals surface area contributed by atoms with Crippen molar-refractivity contribution in [3.8, 4) is 0 Å². The van der Waals surface area contributed by atoms with Gasteiger partial charge in [-0.15, -0.1) is 12.6 Å². The first-order valence-electron chi connectivity index (χ1n) is 5.85. The molecular weight excluding hydrogens is 336 g/mol. The summed E-state index contributed by atoms with van der Waals surface area (Å²) < 4.78 is 51.7. The average Bonchev–Trinajstić information content (AvgIpc) is 2.43. The summed E-state index contributed by atoms with van der Waals surface area (Å²) >= 11 is 3.79. The van der Waals surface area contributed by atoms with E-state index in [4.69, 9.17) is 0 Å². The zero-order chi connectivity index (χ0) is 16.5. The molecule has 0 aliphatic heterocycles. The molecule has 0 amide bonds. The summed E-state index contributed by atoms with van der Waals surface area (Å²) in [5.74, 6) is -2.86. The van der Waals surface area contributed by atoms with Crippen LogP contribution in [0, 0.1) is 21.7 Å². The van der Waals surface area contributed by atoms with Crippen LogP contribution in [0.5, 0.6) is 0 Å². The smallest absolute Gasteiger partial charge is 0.258 e. The van der Waals surface area contributed by atoms with Crippen LogP contribution in [0.3, 0.4) is 0 Å². The Hall–Kier alpha value is -2.00. The van der Waals surface area contributed by atoms with Crippen LogP contribution < -0.4 is 0 Å². The number of nitro benzene ring substituents is 1. The number of thiol groups is 1. The van der Waals surface area contributed by atoms with Gasteiger partial charge in [-0.2, -0.15) is 4.39 Å². The normalized spacial score (nSPS) is 11.4. The van der Waals surface area contributed by atoms with Crippen molar-refractivity contribution >= 4 is 28.2 Å². The summed E-state index contributed by atoms with van der Waals surface area (Å²) in [4.78, 5) is 9.33. The second-order valence-electron chi connectivity index (χ2n) is 4.38. The fourth-order valence-corrected chi connectivity index (χ4v) is 3.28. The third-order valence-electron chi connectivity index (χ3n) is 2.88. The molecule has 0 saturated carbocycles. The van der Waals surface area contributed by atoms with Crippen molar-refractivity contribution in [3.05, 3.63) is 63.7 Å². The second-order valence-corrected chi connectivity index (χ2v) is 6.85. The number of halogens is 2. The summed E-state index contributed by atoms with van der Waals surface area (Å²) in [6, 6.07) is 6.31. The number of nitrogens with zero attached hydrogens (tertiary/aromatic N) is 1. The second kappa shape index (κ2) is 6.01. The Morgan fingerprint density at radius 3 is 2.45 bits per heavy atom. The maximum absolute atomic E-state index is 13.9. The number of nitro groups is 1. The lowest BCUT2D eigenvalue weighted by molar-refractivity contribution is -0.387. The first-order chi connectivity index (χ1) is 10.2. The first-order valence-corrected chi connectivity index (χ1v) is 7.95. The topological polar surface area (TPSA) is 77.3 Å². The number of sulfone groups is 1. The van der Waals surface area contributed by atoms with Crippen LogP contribution in [0.25, 0.3) is 0 Å². The van der Waals surface area contributed by atoms with Crippen LogP contribution in [0.4, 0.5) is 14.5 Å². The fourth-order valence-electron chi connectivity index (χ4n) is 1.79. The lowest BCUT2D eigenvalue weighted by Gasteiger charge is -2.07. The van der Waals surface area contributed by atoms with E-state index in [1.54, 1.807) is 0 Å². The molecule has 0 spiro atoms. The molecule has 2 aromatic carbocycles. The minimum Gasteiger partial charge on any atom is -0.258 e. The molecule has 0 fully saturated rings. The van der Waals surface area contributed by atoms with Gasteiger partial charge in [0.05, 0.1) is 15.6 Å². The minimum absolute atomic E-state index is 0.0273. The van der Waals surface area contributed by atoms with Gasteiger partial charge in [-0.05, 0) is 18.2 Å². The van der Waals surface area contributed by atoms with Crippen molar-refractivity contribution in [1.29, 1.82) is 0 Å². The van der Waals surface area contributed by atoms with Crippen LogP contribution >= 0.6 is 12.6 Å². The Balaban J connectivity index is 2.43. The van der Waals surface area contributed by atoms with Gasteiger partial charge in [0.2, 0.25) is 5.82 Å². The summed E-state index contributed by atoms with van der Waals surface area (Å²) in [6.07, 6.45) is 0. The molecule has 116 valence electrons. The predicted octanol–water partition coefficient (Wildman–Crippen LogP) is 3.14. The fraction of sp³-hybridized carbons (Fsp3) is 0.0769. The molecule has 0 atom stereocenters. The molecule has 0 aliphatic carbocycles. The van der Waals surface area contributed by atoms with Gasteiger partial charge in [0.15, 0.2) is 9.84 Å². The summed E-state index contributed by atoms with van der Waals surface area (Å²) in [5.41, 5.74) is -1.17. The summed E-state index contributed by atoms with van der Waals surface area (Å²) in [6.45, 7) is 0. The highest BCUT2D eigenvalue weighted by Crippen LogP contribution is 2.25. The maximum atomic E-state index is 13.9. The van der Waals surface area contributed by atoms with Crippen molar-refractivity contribution in [3.63, 3.8) is 0 Å². The standard InChI is InChI=1S/C13H9F2NO4S2/c14-10-6-9(4-5-12(10)21)22(19,20)7-8-2-1-3-11(13(8)15)16(17)18/h1-6,21H,7H2. The van der Waals surface area contributed by atoms with Crippen molar-refractivity contribution in [2.75, 3.05) is 0 Å². The van der Waals surface area contributed by atoms with Gasteiger partial charge in [-0.3, -0.25) is 10.1 Å². The van der Waals surface area contributed by atoms with Crippen LogP contribution in [-0.2, 0) is 15.6 Å². The quantitative estimate of drug-likeness (QED) is 0.525. The first kappa shape index (κ1) is 16.4. The molecule has 0 heterocycles. The van der Waals surface area contributed by atoms with E-state index in [9.17, 15) is 27.3 Å². The highest BCUT2D eigenvalue weighted by atomic mass is 32.2. The highest BCUT2D eigenvalue weighted by molar-refractivity contribution is 7.90. The number of rotatable bonds is 4. The lowest BCUT2D eigenvalue weighted by Crippen LogP contribution is -2.08. The number of benzene rings is 2. The van der Waals surface area contributed by atoms with Gasteiger partial charge in [-0.1, -0.05) is 12.1 Å². The third-order valence-corrected chi connectivity index (χ3v) is 4.90. The van der Waals surface area contributed by atoms with Crippen LogP contribution in [0.1, 0.15) is 5.56 Å². The zero-order valence-corrected chi connectivity index (χ0v) is 12.6. The van der Waals surface area contributed by atoms with Gasteiger partial charge < -0.3 is 0 Å². The molecular formula is C13H9F2NO4S2. The van der Waals surface area contributed by atoms with E-state index in [2.05, 4.69) is 12.6 Å². The maximum Gasteiger partial charge on any atom is 0.305 e.